The molecule has 0 saturated carbocycles. The van der Waals surface area contributed by atoms with Crippen LogP contribution in [0.5, 0.6) is 0 Å². The Balaban J connectivity index is 1.58. The molecule has 2 fully saturated rings. The largest absolute Gasteiger partial charge is 0.405 e. The van der Waals surface area contributed by atoms with Crippen LogP contribution in [0.1, 0.15) is 47.1 Å². The molecule has 2 aliphatic rings. The van der Waals surface area contributed by atoms with E-state index in [4.69, 9.17) is 18.6 Å². The maximum absolute atomic E-state index is 11.5. The Hall–Kier alpha value is -1.98. The van der Waals surface area contributed by atoms with E-state index in [2.05, 4.69) is 69.0 Å². The van der Waals surface area contributed by atoms with Crippen LogP contribution in [0.3, 0.4) is 0 Å². The fraction of sp³-hybridized carbons (Fsp3) is 0.481. The lowest BCUT2D eigenvalue weighted by Gasteiger charge is -2.30. The molecule has 0 unspecified atom stereocenters. The summed E-state index contributed by atoms with van der Waals surface area (Å²) in [6, 6.07) is 18.9. The molecular weight excluding hydrogens is 432 g/mol. The van der Waals surface area contributed by atoms with E-state index in [9.17, 15) is 5.11 Å². The van der Waals surface area contributed by atoms with Gasteiger partial charge in [-0.05, 0) is 42.1 Å². The number of hydrogen-bond acceptors (Lipinski definition) is 5. The quantitative estimate of drug-likeness (QED) is 0.544. The number of hydrogen-bond donors (Lipinski definition) is 1. The molecule has 1 radical (unpaired) electrons. The van der Waals surface area contributed by atoms with Crippen LogP contribution in [0.2, 0.25) is 0 Å². The van der Waals surface area contributed by atoms with Crippen LogP contribution in [0, 0.1) is 11.8 Å². The third-order valence-corrected chi connectivity index (χ3v) is 8.21. The molecule has 2 aromatic carbocycles. The molecule has 4 atom stereocenters. The van der Waals surface area contributed by atoms with Gasteiger partial charge < -0.3 is 23.7 Å². The molecule has 2 saturated heterocycles. The molecule has 33 heavy (non-hydrogen) atoms. The van der Waals surface area contributed by atoms with Gasteiger partial charge in [-0.2, -0.15) is 0 Å². The third-order valence-electron chi connectivity index (χ3n) is 6.03. The summed E-state index contributed by atoms with van der Waals surface area (Å²) in [4.78, 5) is 0. The van der Waals surface area contributed by atoms with Crippen LogP contribution in [-0.4, -0.2) is 50.6 Å². The van der Waals surface area contributed by atoms with Gasteiger partial charge in [0.25, 0.3) is 9.04 Å². The topological polar surface area (TPSA) is 57.2 Å². The van der Waals surface area contributed by atoms with Gasteiger partial charge in [-0.25, -0.2) is 0 Å². The molecule has 0 aromatic heterocycles. The van der Waals surface area contributed by atoms with E-state index in [1.165, 1.54) is 5.56 Å². The molecule has 6 heteroatoms. The van der Waals surface area contributed by atoms with E-state index in [0.29, 0.717) is 0 Å². The average molecular weight is 466 g/mol. The van der Waals surface area contributed by atoms with Crippen LogP contribution in [0.4, 0.5) is 0 Å². The van der Waals surface area contributed by atoms with Gasteiger partial charge in [0.1, 0.15) is 6.10 Å². The molecule has 5 nitrogen and oxygen atoms in total. The fourth-order valence-electron chi connectivity index (χ4n) is 4.30. The second-order valence-electron chi connectivity index (χ2n) is 10.1. The summed E-state index contributed by atoms with van der Waals surface area (Å²) in [6.07, 6.45) is -2.06. The van der Waals surface area contributed by atoms with Gasteiger partial charge in [-0.3, -0.25) is 0 Å². The van der Waals surface area contributed by atoms with Gasteiger partial charge in [-0.1, -0.05) is 81.3 Å². The van der Waals surface area contributed by atoms with E-state index in [0.717, 1.165) is 10.4 Å². The zero-order valence-corrected chi connectivity index (χ0v) is 21.2. The molecule has 2 aliphatic heterocycles. The first-order chi connectivity index (χ1) is 15.5. The Kier molecular flexibility index (Phi) is 6.58. The summed E-state index contributed by atoms with van der Waals surface area (Å²) < 4.78 is 24.4. The monoisotopic (exact) mass is 465 g/mol. The summed E-state index contributed by atoms with van der Waals surface area (Å²) in [5, 5.41) is 13.7. The first kappa shape index (κ1) is 24.2. The number of aliphatic hydroxyl groups is 1. The van der Waals surface area contributed by atoms with Crippen molar-refractivity contribution in [3.05, 3.63) is 60.2 Å². The maximum atomic E-state index is 11.5. The number of fused-ring (bicyclic) bond motifs is 1. The minimum atomic E-state index is -1.58. The summed E-state index contributed by atoms with van der Waals surface area (Å²) in [6.45, 7) is 12.1. The molecule has 0 spiro atoms. The van der Waals surface area contributed by atoms with Gasteiger partial charge >= 0.3 is 0 Å². The minimum Gasteiger partial charge on any atom is -0.405 e. The van der Waals surface area contributed by atoms with E-state index in [-0.39, 0.29) is 12.0 Å². The predicted molar refractivity (Wildman–Crippen MR) is 130 cm³/mol. The molecular formula is C27H33O5Si. The minimum absolute atomic E-state index is 0.0810. The lowest BCUT2D eigenvalue weighted by molar-refractivity contribution is -0.225. The van der Waals surface area contributed by atoms with Crippen molar-refractivity contribution < 1.29 is 23.7 Å². The maximum Gasteiger partial charge on any atom is 0.283 e. The third kappa shape index (κ3) is 4.95. The molecule has 1 N–H and O–H groups in total. The number of ether oxygens (including phenoxy) is 3. The van der Waals surface area contributed by atoms with Crippen LogP contribution >= 0.6 is 0 Å². The van der Waals surface area contributed by atoms with Crippen molar-refractivity contribution in [2.75, 3.05) is 6.61 Å². The molecule has 175 valence electrons. The Morgan fingerprint density at radius 3 is 2.24 bits per heavy atom. The first-order valence-corrected chi connectivity index (χ1v) is 12.8. The first-order valence-electron chi connectivity index (χ1n) is 11.4. The van der Waals surface area contributed by atoms with Crippen molar-refractivity contribution in [3.8, 4) is 11.8 Å². The highest BCUT2D eigenvalue weighted by molar-refractivity contribution is 6.80. The van der Waals surface area contributed by atoms with Crippen molar-refractivity contribution in [2.24, 2.45) is 0 Å². The Morgan fingerprint density at radius 1 is 1.00 bits per heavy atom. The summed E-state index contributed by atoms with van der Waals surface area (Å²) in [5.41, 5.74) is -0.151. The normalized spacial score (nSPS) is 28.4. The Bertz CT molecular complexity index is 1020. The van der Waals surface area contributed by atoms with Crippen LogP contribution < -0.4 is 10.4 Å². The number of benzene rings is 2. The van der Waals surface area contributed by atoms with Crippen LogP contribution in [-0.2, 0) is 24.1 Å². The van der Waals surface area contributed by atoms with E-state index in [1.54, 1.807) is 20.8 Å². The van der Waals surface area contributed by atoms with Crippen molar-refractivity contribution in [1.29, 1.82) is 0 Å². The van der Waals surface area contributed by atoms with Crippen molar-refractivity contribution >= 4 is 19.4 Å². The highest BCUT2D eigenvalue weighted by Crippen LogP contribution is 2.43. The summed E-state index contributed by atoms with van der Waals surface area (Å²) >= 11 is 0. The zero-order valence-electron chi connectivity index (χ0n) is 20.2. The SMILES string of the molecule is CC#C[C@@]1(O)[C@@H](CO[Si](c2ccccc2)c2ccc(C(C)(C)C)cc2)O[C@@H]2OC(C)(C)O[C@@H]21. The van der Waals surface area contributed by atoms with Crippen molar-refractivity contribution in [3.63, 3.8) is 0 Å². The summed E-state index contributed by atoms with van der Waals surface area (Å²) in [7, 11) is -1.58. The van der Waals surface area contributed by atoms with E-state index in [1.807, 2.05) is 18.2 Å². The average Bonchev–Trinajstić information content (AvgIpc) is 3.19. The van der Waals surface area contributed by atoms with Crippen molar-refractivity contribution in [2.45, 2.75) is 76.8 Å². The summed E-state index contributed by atoms with van der Waals surface area (Å²) in [5.74, 6) is 4.91. The molecule has 2 aromatic rings. The van der Waals surface area contributed by atoms with Gasteiger partial charge in [0.05, 0.1) is 6.61 Å². The van der Waals surface area contributed by atoms with Crippen molar-refractivity contribution in [1.82, 2.24) is 0 Å². The fourth-order valence-corrected chi connectivity index (χ4v) is 6.25. The molecule has 0 aliphatic carbocycles. The second-order valence-corrected chi connectivity index (χ2v) is 12.2. The molecule has 0 amide bonds. The molecule has 4 rings (SSSR count). The molecule has 0 bridgehead atoms. The smallest absolute Gasteiger partial charge is 0.283 e. The Morgan fingerprint density at radius 2 is 1.64 bits per heavy atom. The molecule has 2 heterocycles. The van der Waals surface area contributed by atoms with Gasteiger partial charge in [0, 0.05) is 0 Å². The van der Waals surface area contributed by atoms with Crippen LogP contribution in [0.15, 0.2) is 54.6 Å². The zero-order chi connectivity index (χ0) is 23.9. The van der Waals surface area contributed by atoms with E-state index >= 15 is 0 Å². The van der Waals surface area contributed by atoms with Gasteiger partial charge in [0.15, 0.2) is 23.8 Å². The highest BCUT2D eigenvalue weighted by Gasteiger charge is 2.62. The number of rotatable bonds is 5. The second kappa shape index (κ2) is 8.99. The van der Waals surface area contributed by atoms with Crippen LogP contribution in [0.25, 0.3) is 0 Å². The lowest BCUT2D eigenvalue weighted by Crippen LogP contribution is -2.52. The highest BCUT2D eigenvalue weighted by atomic mass is 28.3. The lowest BCUT2D eigenvalue weighted by atomic mass is 9.87. The Labute approximate surface area is 198 Å². The standard InChI is InChI=1S/C27H33O5Si/c1-7-17-27(28)22(30-24-23(27)31-26(5,6)32-24)18-29-33(20-11-9-8-10-12-20)21-15-13-19(14-16-21)25(2,3)4/h8-16,22-24,28H,18H2,1-6H3/t22-,23+,24-,27-/m1/s1. The van der Waals surface area contributed by atoms with E-state index < -0.39 is 38.9 Å². The predicted octanol–water partition coefficient (Wildman–Crippen LogP) is 2.74. The van der Waals surface area contributed by atoms with Gasteiger partial charge in [0.2, 0.25) is 0 Å². The van der Waals surface area contributed by atoms with Gasteiger partial charge in [-0.15, -0.1) is 5.92 Å².